The number of hydrogen-bond donors (Lipinski definition) is 1. The minimum Gasteiger partial charge on any atom is -0.354 e. The summed E-state index contributed by atoms with van der Waals surface area (Å²) in [4.78, 5) is 29.7. The van der Waals surface area contributed by atoms with Crippen molar-refractivity contribution < 1.29 is 18.0 Å². The molecule has 0 spiro atoms. The molecule has 0 aromatic heterocycles. The maximum absolute atomic E-state index is 14.5. The number of sulfonamides is 1. The molecule has 1 unspecified atom stereocenters. The first kappa shape index (κ1) is 34.5. The monoisotopic (exact) mass is 729 g/mol. The van der Waals surface area contributed by atoms with Crippen molar-refractivity contribution in [1.82, 2.24) is 10.2 Å². The highest BCUT2D eigenvalue weighted by Crippen LogP contribution is 2.28. The van der Waals surface area contributed by atoms with Gasteiger partial charge in [0.25, 0.3) is 10.0 Å². The zero-order valence-corrected chi connectivity index (χ0v) is 28.8. The van der Waals surface area contributed by atoms with Crippen molar-refractivity contribution in [2.24, 2.45) is 5.92 Å². The van der Waals surface area contributed by atoms with Crippen LogP contribution in [-0.4, -0.2) is 44.3 Å². The molecule has 0 saturated heterocycles. The first-order chi connectivity index (χ1) is 21.4. The number of nitrogens with zero attached hydrogens (tertiary/aromatic N) is 2. The molecule has 0 aliphatic rings. The zero-order valence-electron chi connectivity index (χ0n) is 24.9. The second-order valence-corrected chi connectivity index (χ2v) is 14.6. The largest absolute Gasteiger partial charge is 0.354 e. The average molecular weight is 732 g/mol. The Labute approximate surface area is 283 Å². The normalized spacial score (nSPS) is 12.0. The Morgan fingerprint density at radius 2 is 1.49 bits per heavy atom. The van der Waals surface area contributed by atoms with Gasteiger partial charge in [0.05, 0.1) is 10.6 Å². The number of benzene rings is 4. The lowest BCUT2D eigenvalue weighted by molar-refractivity contribution is -0.140. The number of anilines is 1. The lowest BCUT2D eigenvalue weighted by Crippen LogP contribution is -2.53. The van der Waals surface area contributed by atoms with Crippen LogP contribution in [-0.2, 0) is 32.6 Å². The van der Waals surface area contributed by atoms with E-state index < -0.39 is 28.5 Å². The van der Waals surface area contributed by atoms with Crippen LogP contribution in [0.3, 0.4) is 0 Å². The molecule has 11 heteroatoms. The second-order valence-electron chi connectivity index (χ2n) is 10.9. The highest BCUT2D eigenvalue weighted by Gasteiger charge is 2.34. The van der Waals surface area contributed by atoms with Crippen LogP contribution in [0.15, 0.2) is 112 Å². The Morgan fingerprint density at radius 1 is 0.822 bits per heavy atom. The van der Waals surface area contributed by atoms with Crippen molar-refractivity contribution in [3.63, 3.8) is 0 Å². The van der Waals surface area contributed by atoms with E-state index >= 15 is 0 Å². The van der Waals surface area contributed by atoms with Crippen LogP contribution in [0.4, 0.5) is 5.69 Å². The van der Waals surface area contributed by atoms with Crippen LogP contribution in [0.2, 0.25) is 10.0 Å². The van der Waals surface area contributed by atoms with E-state index in [4.69, 9.17) is 23.2 Å². The lowest BCUT2D eigenvalue weighted by atomic mass is 10.0. The third kappa shape index (κ3) is 9.56. The first-order valence-electron chi connectivity index (χ1n) is 14.3. The summed E-state index contributed by atoms with van der Waals surface area (Å²) in [5.41, 5.74) is 1.83. The summed E-state index contributed by atoms with van der Waals surface area (Å²) in [6.07, 6.45) is 0.228. The molecule has 1 N–H and O–H groups in total. The van der Waals surface area contributed by atoms with Gasteiger partial charge in [0.1, 0.15) is 12.6 Å². The molecule has 0 aliphatic heterocycles. The van der Waals surface area contributed by atoms with E-state index in [0.717, 1.165) is 19.9 Å². The van der Waals surface area contributed by atoms with Crippen LogP contribution in [0.25, 0.3) is 0 Å². The van der Waals surface area contributed by atoms with E-state index in [9.17, 15) is 18.0 Å². The zero-order chi connectivity index (χ0) is 32.6. The fourth-order valence-corrected chi connectivity index (χ4v) is 6.87. The Morgan fingerprint density at radius 3 is 2.13 bits per heavy atom. The molecule has 0 fully saturated rings. The van der Waals surface area contributed by atoms with Gasteiger partial charge in [-0.3, -0.25) is 13.9 Å². The summed E-state index contributed by atoms with van der Waals surface area (Å²) in [6.45, 7) is 3.88. The van der Waals surface area contributed by atoms with Crippen molar-refractivity contribution in [2.75, 3.05) is 17.4 Å². The third-order valence-corrected chi connectivity index (χ3v) is 9.74. The summed E-state index contributed by atoms with van der Waals surface area (Å²) in [6, 6.07) is 27.9. The Balaban J connectivity index is 1.80. The third-order valence-electron chi connectivity index (χ3n) is 6.97. The smallest absolute Gasteiger partial charge is 0.264 e. The van der Waals surface area contributed by atoms with Crippen LogP contribution in [0.1, 0.15) is 25.0 Å². The SMILES string of the molecule is CC(C)CNC(=O)C(Cc1ccccc1)N(Cc1cccc(Br)c1)C(=O)CN(c1cccc(Cl)c1)S(=O)(=O)c1ccc(Cl)cc1. The summed E-state index contributed by atoms with van der Waals surface area (Å²) in [5, 5.41) is 3.66. The molecule has 2 amide bonds. The van der Waals surface area contributed by atoms with Gasteiger partial charge in [0.2, 0.25) is 11.8 Å². The van der Waals surface area contributed by atoms with Gasteiger partial charge in [0.15, 0.2) is 0 Å². The fraction of sp³-hybridized carbons (Fsp3) is 0.235. The van der Waals surface area contributed by atoms with Crippen molar-refractivity contribution in [3.05, 3.63) is 129 Å². The average Bonchev–Trinajstić information content (AvgIpc) is 3.01. The van der Waals surface area contributed by atoms with Crippen LogP contribution >= 0.6 is 39.1 Å². The van der Waals surface area contributed by atoms with E-state index in [1.165, 1.54) is 35.2 Å². The van der Waals surface area contributed by atoms with Crippen molar-refractivity contribution >= 4 is 66.7 Å². The van der Waals surface area contributed by atoms with Crippen LogP contribution in [0.5, 0.6) is 0 Å². The summed E-state index contributed by atoms with van der Waals surface area (Å²) in [5.74, 6) is -0.706. The van der Waals surface area contributed by atoms with E-state index in [2.05, 4.69) is 21.2 Å². The highest BCUT2D eigenvalue weighted by atomic mass is 79.9. The number of carbonyl (C=O) groups is 2. The molecule has 0 radical (unpaired) electrons. The summed E-state index contributed by atoms with van der Waals surface area (Å²) >= 11 is 15.8. The maximum atomic E-state index is 14.5. The van der Waals surface area contributed by atoms with Gasteiger partial charge in [-0.05, 0) is 71.6 Å². The Hall–Kier alpha value is -3.37. The van der Waals surface area contributed by atoms with Gasteiger partial charge >= 0.3 is 0 Å². The number of hydrogen-bond acceptors (Lipinski definition) is 4. The molecule has 4 aromatic rings. The number of amides is 2. The van der Waals surface area contributed by atoms with Gasteiger partial charge in [-0.1, -0.05) is 102 Å². The lowest BCUT2D eigenvalue weighted by Gasteiger charge is -2.34. The van der Waals surface area contributed by atoms with Crippen molar-refractivity contribution in [1.29, 1.82) is 0 Å². The summed E-state index contributed by atoms with van der Waals surface area (Å²) < 4.78 is 30.0. The minimum absolute atomic E-state index is 0.0475. The number of rotatable bonds is 13. The predicted octanol–water partition coefficient (Wildman–Crippen LogP) is 7.36. The molecule has 1 atom stereocenters. The topological polar surface area (TPSA) is 86.8 Å². The molecule has 45 heavy (non-hydrogen) atoms. The van der Waals surface area contributed by atoms with Gasteiger partial charge in [-0.25, -0.2) is 8.42 Å². The fourth-order valence-electron chi connectivity index (χ4n) is 4.70. The van der Waals surface area contributed by atoms with Crippen molar-refractivity contribution in [2.45, 2.75) is 37.8 Å². The van der Waals surface area contributed by atoms with Gasteiger partial charge in [0, 0.05) is 34.0 Å². The minimum atomic E-state index is -4.26. The van der Waals surface area contributed by atoms with E-state index in [0.29, 0.717) is 16.6 Å². The standard InChI is InChI=1S/C34H34BrCl2N3O4S/c1-24(2)21-38-34(42)32(19-25-8-4-3-5-9-25)39(22-26-10-6-11-27(35)18-26)33(41)23-40(30-13-7-12-29(37)20-30)45(43,44)31-16-14-28(36)15-17-31/h3-18,20,24,32H,19,21-23H2,1-2H3,(H,38,42). The van der Waals surface area contributed by atoms with E-state index in [1.54, 1.807) is 18.2 Å². The van der Waals surface area contributed by atoms with E-state index in [1.807, 2.05) is 68.4 Å². The number of nitrogens with one attached hydrogen (secondary N) is 1. The molecule has 4 aromatic carbocycles. The quantitative estimate of drug-likeness (QED) is 0.156. The van der Waals surface area contributed by atoms with Gasteiger partial charge in [-0.15, -0.1) is 0 Å². The van der Waals surface area contributed by atoms with Gasteiger partial charge < -0.3 is 10.2 Å². The first-order valence-corrected chi connectivity index (χ1v) is 17.3. The maximum Gasteiger partial charge on any atom is 0.264 e. The molecule has 0 saturated carbocycles. The Bertz CT molecular complexity index is 1720. The highest BCUT2D eigenvalue weighted by molar-refractivity contribution is 9.10. The molecule has 4 rings (SSSR count). The molecular formula is C34H34BrCl2N3O4S. The molecular weight excluding hydrogens is 697 g/mol. The van der Waals surface area contributed by atoms with Crippen LogP contribution in [0, 0.1) is 5.92 Å². The molecule has 0 aliphatic carbocycles. The Kier molecular flexibility index (Phi) is 12.1. The van der Waals surface area contributed by atoms with Crippen LogP contribution < -0.4 is 9.62 Å². The summed E-state index contributed by atoms with van der Waals surface area (Å²) in [7, 11) is -4.26. The van der Waals surface area contributed by atoms with Crippen molar-refractivity contribution in [3.8, 4) is 0 Å². The van der Waals surface area contributed by atoms with Gasteiger partial charge in [-0.2, -0.15) is 0 Å². The second kappa shape index (κ2) is 15.8. The molecule has 236 valence electrons. The molecule has 0 heterocycles. The number of carbonyl (C=O) groups excluding carboxylic acids is 2. The van der Waals surface area contributed by atoms with E-state index in [-0.39, 0.29) is 35.4 Å². The molecule has 0 bridgehead atoms. The predicted molar refractivity (Wildman–Crippen MR) is 184 cm³/mol. The number of halogens is 3. The molecule has 7 nitrogen and oxygen atoms in total.